The second kappa shape index (κ2) is 5.51. The number of ketones is 1. The number of fused-ring (bicyclic) bond motifs is 1. The van der Waals surface area contributed by atoms with Crippen molar-refractivity contribution in [1.82, 2.24) is 4.90 Å². The van der Waals surface area contributed by atoms with E-state index in [1.165, 1.54) is 12.8 Å². The fourth-order valence-electron chi connectivity index (χ4n) is 2.51. The Morgan fingerprint density at radius 1 is 1.16 bits per heavy atom. The van der Waals surface area contributed by atoms with Gasteiger partial charge in [-0.2, -0.15) is 0 Å². The Labute approximate surface area is 120 Å². The highest BCUT2D eigenvalue weighted by molar-refractivity contribution is 9.10. The number of rotatable bonds is 3. The lowest BCUT2D eigenvalue weighted by Crippen LogP contribution is -2.27. The van der Waals surface area contributed by atoms with Gasteiger partial charge in [0.1, 0.15) is 13.2 Å². The molecule has 0 N–H and O–H groups in total. The molecular formula is C14H16BrNO3. The van der Waals surface area contributed by atoms with Crippen molar-refractivity contribution in [2.75, 3.05) is 32.8 Å². The number of benzene rings is 1. The third-order valence-corrected chi connectivity index (χ3v) is 4.15. The van der Waals surface area contributed by atoms with E-state index in [1.54, 1.807) is 6.07 Å². The smallest absolute Gasteiger partial charge is 0.178 e. The summed E-state index contributed by atoms with van der Waals surface area (Å²) in [5.41, 5.74) is 0.677. The van der Waals surface area contributed by atoms with Gasteiger partial charge in [0, 0.05) is 10.0 Å². The van der Waals surface area contributed by atoms with E-state index < -0.39 is 0 Å². The SMILES string of the molecule is O=C(CN1CCCC1)c1cc2c(cc1Br)OCCO2. The molecule has 102 valence electrons. The highest BCUT2D eigenvalue weighted by atomic mass is 79.9. The molecule has 0 spiro atoms. The highest BCUT2D eigenvalue weighted by Crippen LogP contribution is 2.35. The largest absolute Gasteiger partial charge is 0.486 e. The number of halogens is 1. The van der Waals surface area contributed by atoms with Gasteiger partial charge in [-0.1, -0.05) is 0 Å². The lowest BCUT2D eigenvalue weighted by atomic mass is 10.1. The summed E-state index contributed by atoms with van der Waals surface area (Å²) in [6.07, 6.45) is 2.38. The Morgan fingerprint density at radius 2 is 1.79 bits per heavy atom. The molecule has 0 amide bonds. The molecule has 2 aliphatic heterocycles. The van der Waals surface area contributed by atoms with E-state index >= 15 is 0 Å². The van der Waals surface area contributed by atoms with E-state index in [-0.39, 0.29) is 5.78 Å². The van der Waals surface area contributed by atoms with Crippen LogP contribution in [0.4, 0.5) is 0 Å². The number of hydrogen-bond donors (Lipinski definition) is 0. The third-order valence-electron chi connectivity index (χ3n) is 3.50. The van der Waals surface area contributed by atoms with Crippen molar-refractivity contribution in [3.05, 3.63) is 22.2 Å². The van der Waals surface area contributed by atoms with Crippen LogP contribution < -0.4 is 9.47 Å². The zero-order valence-electron chi connectivity index (χ0n) is 10.7. The van der Waals surface area contributed by atoms with Gasteiger partial charge in [0.05, 0.1) is 6.54 Å². The highest BCUT2D eigenvalue weighted by Gasteiger charge is 2.21. The molecule has 1 fully saturated rings. The van der Waals surface area contributed by atoms with Crippen molar-refractivity contribution in [1.29, 1.82) is 0 Å². The zero-order valence-corrected chi connectivity index (χ0v) is 12.2. The average molecular weight is 326 g/mol. The second-order valence-corrected chi connectivity index (χ2v) is 5.74. The lowest BCUT2D eigenvalue weighted by Gasteiger charge is -2.20. The maximum atomic E-state index is 12.3. The molecule has 19 heavy (non-hydrogen) atoms. The molecule has 2 aliphatic rings. The molecule has 0 radical (unpaired) electrons. The number of carbonyl (C=O) groups is 1. The van der Waals surface area contributed by atoms with Gasteiger partial charge in [-0.05, 0) is 54.0 Å². The first-order valence-electron chi connectivity index (χ1n) is 6.59. The predicted molar refractivity (Wildman–Crippen MR) is 75.1 cm³/mol. The molecule has 0 atom stereocenters. The Morgan fingerprint density at radius 3 is 2.47 bits per heavy atom. The van der Waals surface area contributed by atoms with Gasteiger partial charge in [0.25, 0.3) is 0 Å². The van der Waals surface area contributed by atoms with E-state index in [0.29, 0.717) is 36.8 Å². The van der Waals surface area contributed by atoms with Gasteiger partial charge >= 0.3 is 0 Å². The van der Waals surface area contributed by atoms with Crippen molar-refractivity contribution in [2.24, 2.45) is 0 Å². The number of Topliss-reactive ketones (excluding diaryl/α,β-unsaturated/α-hetero) is 1. The van der Waals surface area contributed by atoms with Crippen LogP contribution in [0.3, 0.4) is 0 Å². The third kappa shape index (κ3) is 2.77. The zero-order chi connectivity index (χ0) is 13.2. The fraction of sp³-hybridized carbons (Fsp3) is 0.500. The van der Waals surface area contributed by atoms with Gasteiger partial charge in [-0.3, -0.25) is 9.69 Å². The van der Waals surface area contributed by atoms with Gasteiger partial charge in [-0.15, -0.1) is 0 Å². The molecule has 0 saturated carbocycles. The molecule has 1 saturated heterocycles. The Hall–Kier alpha value is -1.07. The number of ether oxygens (including phenoxy) is 2. The number of nitrogens with zero attached hydrogens (tertiary/aromatic N) is 1. The standard InChI is InChI=1S/C14H16BrNO3/c15-11-8-14-13(18-5-6-19-14)7-10(11)12(17)9-16-3-1-2-4-16/h7-8H,1-6,9H2. The van der Waals surface area contributed by atoms with Crippen LogP contribution in [0.5, 0.6) is 11.5 Å². The quantitative estimate of drug-likeness (QED) is 0.800. The van der Waals surface area contributed by atoms with Crippen molar-refractivity contribution in [2.45, 2.75) is 12.8 Å². The van der Waals surface area contributed by atoms with Gasteiger partial charge in [0.15, 0.2) is 17.3 Å². The first-order valence-corrected chi connectivity index (χ1v) is 7.38. The molecule has 0 bridgehead atoms. The summed E-state index contributed by atoms with van der Waals surface area (Å²) in [5.74, 6) is 1.50. The van der Waals surface area contributed by atoms with Gasteiger partial charge < -0.3 is 9.47 Å². The van der Waals surface area contributed by atoms with Gasteiger partial charge in [0.2, 0.25) is 0 Å². The van der Waals surface area contributed by atoms with Crippen LogP contribution in [0.25, 0.3) is 0 Å². The van der Waals surface area contributed by atoms with E-state index in [4.69, 9.17) is 9.47 Å². The summed E-state index contributed by atoms with van der Waals surface area (Å²) >= 11 is 3.45. The summed E-state index contributed by atoms with van der Waals surface area (Å²) in [5, 5.41) is 0. The lowest BCUT2D eigenvalue weighted by molar-refractivity contribution is 0.0943. The topological polar surface area (TPSA) is 38.8 Å². The van der Waals surface area contributed by atoms with Crippen LogP contribution in [0.1, 0.15) is 23.2 Å². The monoisotopic (exact) mass is 325 g/mol. The van der Waals surface area contributed by atoms with Gasteiger partial charge in [-0.25, -0.2) is 0 Å². The predicted octanol–water partition coefficient (Wildman–Crippen LogP) is 2.50. The second-order valence-electron chi connectivity index (χ2n) is 4.88. The van der Waals surface area contributed by atoms with Crippen molar-refractivity contribution < 1.29 is 14.3 Å². The van der Waals surface area contributed by atoms with Crippen molar-refractivity contribution in [3.63, 3.8) is 0 Å². The minimum absolute atomic E-state index is 0.130. The molecule has 3 rings (SSSR count). The van der Waals surface area contributed by atoms with E-state index in [1.807, 2.05) is 6.07 Å². The summed E-state index contributed by atoms with van der Waals surface area (Å²) in [6.45, 7) is 3.62. The summed E-state index contributed by atoms with van der Waals surface area (Å²) < 4.78 is 11.8. The van der Waals surface area contributed by atoms with Crippen LogP contribution >= 0.6 is 15.9 Å². The minimum atomic E-state index is 0.130. The van der Waals surface area contributed by atoms with E-state index in [0.717, 1.165) is 17.6 Å². The Balaban J connectivity index is 1.81. The summed E-state index contributed by atoms with van der Waals surface area (Å²) in [4.78, 5) is 14.5. The maximum Gasteiger partial charge on any atom is 0.178 e. The van der Waals surface area contributed by atoms with Crippen LogP contribution in [0.2, 0.25) is 0 Å². The van der Waals surface area contributed by atoms with Crippen molar-refractivity contribution in [3.8, 4) is 11.5 Å². The fourth-order valence-corrected chi connectivity index (χ4v) is 3.05. The molecule has 0 aromatic heterocycles. The first kappa shape index (κ1) is 12.9. The average Bonchev–Trinajstić information content (AvgIpc) is 2.90. The van der Waals surface area contributed by atoms with E-state index in [9.17, 15) is 4.79 Å². The number of likely N-dealkylation sites (tertiary alicyclic amines) is 1. The van der Waals surface area contributed by atoms with E-state index in [2.05, 4.69) is 20.8 Å². The Kier molecular flexibility index (Phi) is 3.75. The molecule has 0 unspecified atom stereocenters. The van der Waals surface area contributed by atoms with Crippen LogP contribution in [0.15, 0.2) is 16.6 Å². The summed E-state index contributed by atoms with van der Waals surface area (Å²) in [7, 11) is 0. The Bertz CT molecular complexity index is 498. The molecule has 1 aromatic rings. The first-order chi connectivity index (χ1) is 9.24. The molecule has 2 heterocycles. The van der Waals surface area contributed by atoms with Crippen molar-refractivity contribution >= 4 is 21.7 Å². The van der Waals surface area contributed by atoms with Crippen LogP contribution in [0, 0.1) is 0 Å². The number of hydrogen-bond acceptors (Lipinski definition) is 4. The van der Waals surface area contributed by atoms with Crippen LogP contribution in [-0.2, 0) is 0 Å². The normalized spacial score (nSPS) is 18.6. The molecular weight excluding hydrogens is 310 g/mol. The van der Waals surface area contributed by atoms with Crippen LogP contribution in [-0.4, -0.2) is 43.5 Å². The summed E-state index contributed by atoms with van der Waals surface area (Å²) in [6, 6.07) is 3.61. The molecule has 4 nitrogen and oxygen atoms in total. The molecule has 0 aliphatic carbocycles. The molecule has 5 heteroatoms. The molecule has 1 aromatic carbocycles. The maximum absolute atomic E-state index is 12.3. The minimum Gasteiger partial charge on any atom is -0.486 e. The number of carbonyl (C=O) groups excluding carboxylic acids is 1.